The number of unbranched alkanes of at least 4 members (excludes halogenated alkanes) is 1. The summed E-state index contributed by atoms with van der Waals surface area (Å²) in [4.78, 5) is 28.4. The van der Waals surface area contributed by atoms with Gasteiger partial charge in [-0.2, -0.15) is 6.42 Å². The standard InChI is InChI=1S/C8H8.2C4H6O2.C4H9.C3H4O2.Zn/c1-2-8-6-4-3-5-7-8;2*1-3(2)4(5)6;1-3-4-2;1-2-3(4)5;/h2-7H,1H2;2*1H2,2H3,(H,5,6);1,3-4H2,2H3;2H,1H2,(H,4,5);/q;;;-1;;. The fraction of sp³-hybridized carbons (Fsp3) is 0.217. The van der Waals surface area contributed by atoms with Crippen molar-refractivity contribution < 1.29 is 49.2 Å². The van der Waals surface area contributed by atoms with Gasteiger partial charge in [-0.3, -0.25) is 0 Å². The van der Waals surface area contributed by atoms with Gasteiger partial charge in [-0.05, 0) is 19.4 Å². The Labute approximate surface area is 193 Å². The van der Waals surface area contributed by atoms with Crippen LogP contribution in [0.1, 0.15) is 39.2 Å². The van der Waals surface area contributed by atoms with Crippen LogP contribution in [-0.4, -0.2) is 33.2 Å². The van der Waals surface area contributed by atoms with E-state index in [0.717, 1.165) is 12.5 Å². The third-order valence-corrected chi connectivity index (χ3v) is 2.29. The summed E-state index contributed by atoms with van der Waals surface area (Å²) >= 11 is 0. The first-order valence-electron chi connectivity index (χ1n) is 8.50. The number of aliphatic carboxylic acids is 3. The Morgan fingerprint density at radius 1 is 0.933 bits per heavy atom. The van der Waals surface area contributed by atoms with Gasteiger partial charge in [0.25, 0.3) is 0 Å². The quantitative estimate of drug-likeness (QED) is 0.297. The molecule has 0 bridgehead atoms. The van der Waals surface area contributed by atoms with Gasteiger partial charge in [-0.25, -0.2) is 14.4 Å². The van der Waals surface area contributed by atoms with Gasteiger partial charge in [0.1, 0.15) is 0 Å². The maximum atomic E-state index is 9.60. The molecule has 1 rings (SSSR count). The van der Waals surface area contributed by atoms with Crippen LogP contribution in [0.15, 0.2) is 73.9 Å². The summed E-state index contributed by atoms with van der Waals surface area (Å²) in [6.07, 6.45) is 4.94. The molecule has 0 unspecified atom stereocenters. The van der Waals surface area contributed by atoms with Gasteiger partial charge in [-0.1, -0.05) is 76.1 Å². The van der Waals surface area contributed by atoms with Crippen LogP contribution in [0.5, 0.6) is 0 Å². The fourth-order valence-electron chi connectivity index (χ4n) is 0.589. The Kier molecular flexibility index (Phi) is 35.9. The molecule has 0 radical (unpaired) electrons. The summed E-state index contributed by atoms with van der Waals surface area (Å²) in [5.74, 6) is -2.85. The Balaban J connectivity index is -0.0000000880. The maximum Gasteiger partial charge on any atom is 0.330 e. The predicted molar refractivity (Wildman–Crippen MR) is 120 cm³/mol. The van der Waals surface area contributed by atoms with Crippen LogP contribution in [0.3, 0.4) is 0 Å². The van der Waals surface area contributed by atoms with Crippen LogP contribution >= 0.6 is 0 Å². The van der Waals surface area contributed by atoms with Gasteiger partial charge in [-0.15, -0.1) is 0 Å². The molecular formula is C23H33O6Zn-. The van der Waals surface area contributed by atoms with Crippen LogP contribution in [0.4, 0.5) is 0 Å². The zero-order valence-electron chi connectivity index (χ0n) is 18.3. The molecule has 7 heteroatoms. The van der Waals surface area contributed by atoms with Crippen LogP contribution in [0.25, 0.3) is 6.08 Å². The van der Waals surface area contributed by atoms with Gasteiger partial charge >= 0.3 is 17.9 Å². The molecule has 0 atom stereocenters. The summed E-state index contributed by atoms with van der Waals surface area (Å²) in [5.41, 5.74) is 1.53. The number of carboxylic acids is 3. The van der Waals surface area contributed by atoms with E-state index in [1.807, 2.05) is 36.4 Å². The van der Waals surface area contributed by atoms with Crippen molar-refractivity contribution >= 4 is 24.0 Å². The molecule has 0 amide bonds. The van der Waals surface area contributed by atoms with Gasteiger partial charge in [0.15, 0.2) is 0 Å². The first kappa shape index (κ1) is 37.9. The number of hydrogen-bond acceptors (Lipinski definition) is 3. The Hall–Kier alpha value is -2.79. The average molecular weight is 471 g/mol. The van der Waals surface area contributed by atoms with Crippen molar-refractivity contribution in [3.05, 3.63) is 86.4 Å². The SMILES string of the molecule is C=C(C)C(=O)O.C=C(C)C(=O)O.C=CC(=O)O.C=Cc1ccccc1.[CH2-]CCC.[Zn]. The first-order chi connectivity index (χ1) is 13.4. The fourth-order valence-corrected chi connectivity index (χ4v) is 0.589. The normalized spacial score (nSPS) is 7.33. The van der Waals surface area contributed by atoms with E-state index in [1.165, 1.54) is 25.8 Å². The van der Waals surface area contributed by atoms with Crippen molar-refractivity contribution in [2.75, 3.05) is 0 Å². The van der Waals surface area contributed by atoms with Gasteiger partial charge < -0.3 is 22.2 Å². The molecule has 6 nitrogen and oxygen atoms in total. The minimum absolute atomic E-state index is 0. The number of rotatable bonds is 5. The second-order valence-electron chi connectivity index (χ2n) is 5.18. The van der Waals surface area contributed by atoms with E-state index in [-0.39, 0.29) is 30.6 Å². The third kappa shape index (κ3) is 44.6. The maximum absolute atomic E-state index is 9.60. The molecule has 1 aromatic rings. The van der Waals surface area contributed by atoms with Crippen molar-refractivity contribution in [1.29, 1.82) is 0 Å². The number of carbonyl (C=O) groups is 3. The minimum atomic E-state index is -0.981. The van der Waals surface area contributed by atoms with E-state index in [2.05, 4.69) is 40.2 Å². The topological polar surface area (TPSA) is 112 Å². The summed E-state index contributed by atoms with van der Waals surface area (Å²) < 4.78 is 0. The monoisotopic (exact) mass is 469 g/mol. The molecule has 0 aliphatic heterocycles. The van der Waals surface area contributed by atoms with Crippen LogP contribution in [0, 0.1) is 6.92 Å². The Morgan fingerprint density at radius 3 is 1.30 bits per heavy atom. The van der Waals surface area contributed by atoms with E-state index in [0.29, 0.717) is 0 Å². The summed E-state index contributed by atoms with van der Waals surface area (Å²) in [6, 6.07) is 10.0. The Morgan fingerprint density at radius 2 is 1.20 bits per heavy atom. The average Bonchev–Trinajstić information content (AvgIpc) is 2.69. The number of hydrogen-bond donors (Lipinski definition) is 3. The third-order valence-electron chi connectivity index (χ3n) is 2.29. The molecular weight excluding hydrogens is 438 g/mol. The number of carboxylic acid groups (broad SMARTS) is 3. The second kappa shape index (κ2) is 28.4. The molecule has 0 heterocycles. The van der Waals surface area contributed by atoms with E-state index in [9.17, 15) is 14.4 Å². The molecule has 0 spiro atoms. The van der Waals surface area contributed by atoms with Crippen molar-refractivity contribution in [2.24, 2.45) is 0 Å². The molecule has 0 aromatic heterocycles. The number of benzene rings is 1. The zero-order chi connectivity index (χ0) is 23.8. The summed E-state index contributed by atoms with van der Waals surface area (Å²) in [7, 11) is 0. The molecule has 1 aromatic carbocycles. The molecule has 0 saturated heterocycles. The van der Waals surface area contributed by atoms with Gasteiger partial charge in [0.2, 0.25) is 0 Å². The van der Waals surface area contributed by atoms with Crippen molar-refractivity contribution in [3.8, 4) is 0 Å². The van der Waals surface area contributed by atoms with Crippen molar-refractivity contribution in [1.82, 2.24) is 0 Å². The molecule has 0 fully saturated rings. The molecule has 3 N–H and O–H groups in total. The van der Waals surface area contributed by atoms with E-state index in [1.54, 1.807) is 0 Å². The molecule has 30 heavy (non-hydrogen) atoms. The van der Waals surface area contributed by atoms with E-state index < -0.39 is 17.9 Å². The first-order valence-corrected chi connectivity index (χ1v) is 8.50. The summed E-state index contributed by atoms with van der Waals surface area (Å²) in [5, 5.41) is 23.4. The van der Waals surface area contributed by atoms with E-state index >= 15 is 0 Å². The predicted octanol–water partition coefficient (Wildman–Crippen LogP) is 5.50. The van der Waals surface area contributed by atoms with E-state index in [4.69, 9.17) is 15.3 Å². The molecule has 0 saturated carbocycles. The Bertz CT molecular complexity index is 586. The second-order valence-corrected chi connectivity index (χ2v) is 5.18. The van der Waals surface area contributed by atoms with Gasteiger partial charge in [0.05, 0.1) is 0 Å². The van der Waals surface area contributed by atoms with Gasteiger partial charge in [0, 0.05) is 36.7 Å². The molecule has 164 valence electrons. The zero-order valence-corrected chi connectivity index (χ0v) is 21.2. The molecule has 0 aliphatic carbocycles. The van der Waals surface area contributed by atoms with Crippen molar-refractivity contribution in [2.45, 2.75) is 33.6 Å². The largest absolute Gasteiger partial charge is 0.478 e. The summed E-state index contributed by atoms with van der Waals surface area (Å²) in [6.45, 7) is 21.5. The molecule has 0 aliphatic rings. The van der Waals surface area contributed by atoms with Crippen molar-refractivity contribution in [3.63, 3.8) is 0 Å². The minimum Gasteiger partial charge on any atom is -0.478 e. The van der Waals surface area contributed by atoms with Crippen LogP contribution in [-0.2, 0) is 33.9 Å². The van der Waals surface area contributed by atoms with Crippen LogP contribution in [0.2, 0.25) is 0 Å². The smallest absolute Gasteiger partial charge is 0.330 e. The van der Waals surface area contributed by atoms with Crippen LogP contribution < -0.4 is 0 Å².